The van der Waals surface area contributed by atoms with E-state index in [1.165, 1.54) is 19.1 Å². The van der Waals surface area contributed by atoms with E-state index in [-0.39, 0.29) is 52.1 Å². The van der Waals surface area contributed by atoms with Crippen LogP contribution in [0.25, 0.3) is 0 Å². The molecule has 9 heteroatoms. The van der Waals surface area contributed by atoms with E-state index < -0.39 is 59.1 Å². The van der Waals surface area contributed by atoms with Gasteiger partial charge in [-0.3, -0.25) is 14.4 Å². The Hall–Kier alpha value is -3.11. The van der Waals surface area contributed by atoms with Gasteiger partial charge in [0.15, 0.2) is 23.6 Å². The van der Waals surface area contributed by atoms with E-state index in [0.29, 0.717) is 6.42 Å². The number of carbonyl (C=O) groups excluding carboxylic acids is 3. The Morgan fingerprint density at radius 2 is 1.64 bits per heavy atom. The zero-order valence-corrected chi connectivity index (χ0v) is 20.1. The minimum Gasteiger partial charge on any atom is -0.507 e. The van der Waals surface area contributed by atoms with E-state index in [1.807, 2.05) is 6.92 Å². The zero-order valence-electron chi connectivity index (χ0n) is 20.1. The molecule has 0 amide bonds. The van der Waals surface area contributed by atoms with Gasteiger partial charge in [0, 0.05) is 41.5 Å². The summed E-state index contributed by atoms with van der Waals surface area (Å²) in [5.74, 6) is -3.11. The van der Waals surface area contributed by atoms with Crippen LogP contribution in [0.4, 0.5) is 0 Å². The van der Waals surface area contributed by atoms with E-state index in [2.05, 4.69) is 0 Å². The summed E-state index contributed by atoms with van der Waals surface area (Å²) in [6.45, 7) is 4.74. The summed E-state index contributed by atoms with van der Waals surface area (Å²) in [6.07, 6.45) is -3.56. The second kappa shape index (κ2) is 8.48. The van der Waals surface area contributed by atoms with Crippen molar-refractivity contribution in [1.82, 2.24) is 0 Å². The lowest BCUT2D eigenvalue weighted by Crippen LogP contribution is -2.47. The topological polar surface area (TPSA) is 151 Å². The Balaban J connectivity index is 1.66. The van der Waals surface area contributed by atoms with Gasteiger partial charge in [-0.05, 0) is 19.8 Å². The summed E-state index contributed by atoms with van der Waals surface area (Å²) in [6, 6.07) is 6.12. The molecule has 36 heavy (non-hydrogen) atoms. The molecule has 2 aromatic rings. The number of ketones is 3. The average molecular weight is 497 g/mol. The predicted molar refractivity (Wildman–Crippen MR) is 125 cm³/mol. The fourth-order valence-electron chi connectivity index (χ4n) is 5.62. The Labute approximate surface area is 207 Å². The lowest BCUT2D eigenvalue weighted by Gasteiger charge is -2.42. The number of rotatable bonds is 3. The van der Waals surface area contributed by atoms with Gasteiger partial charge in [-0.15, -0.1) is 0 Å². The number of phenolic OH excluding ortho intramolecular Hbond substituents is 2. The molecule has 0 spiro atoms. The fourth-order valence-corrected chi connectivity index (χ4v) is 5.62. The Bertz CT molecular complexity index is 1290. The van der Waals surface area contributed by atoms with Gasteiger partial charge in [0.25, 0.3) is 0 Å². The van der Waals surface area contributed by atoms with Crippen LogP contribution in [0.3, 0.4) is 0 Å². The van der Waals surface area contributed by atoms with Gasteiger partial charge < -0.3 is 29.9 Å². The Kier molecular flexibility index (Phi) is 5.79. The molecule has 1 aliphatic heterocycles. The number of hydrogen-bond acceptors (Lipinski definition) is 9. The zero-order chi connectivity index (χ0) is 26.1. The van der Waals surface area contributed by atoms with Gasteiger partial charge >= 0.3 is 0 Å². The van der Waals surface area contributed by atoms with Crippen molar-refractivity contribution in [3.63, 3.8) is 0 Å². The van der Waals surface area contributed by atoms with Crippen molar-refractivity contribution in [3.8, 4) is 11.5 Å². The van der Waals surface area contributed by atoms with Crippen LogP contribution in [0, 0.1) is 5.92 Å². The number of Topliss-reactive ketones (excluding diaryl/α,β-unsaturated/α-hetero) is 1. The predicted octanol–water partition coefficient (Wildman–Crippen LogP) is 2.33. The van der Waals surface area contributed by atoms with Crippen LogP contribution < -0.4 is 0 Å². The third-order valence-electron chi connectivity index (χ3n) is 7.74. The molecule has 0 unspecified atom stereocenters. The summed E-state index contributed by atoms with van der Waals surface area (Å²) in [5.41, 5.74) is -2.44. The molecule has 1 saturated heterocycles. The van der Waals surface area contributed by atoms with Crippen LogP contribution in [0.15, 0.2) is 24.3 Å². The molecule has 2 aliphatic carbocycles. The minimum absolute atomic E-state index is 0.0299. The van der Waals surface area contributed by atoms with Crippen LogP contribution in [-0.2, 0) is 20.7 Å². The van der Waals surface area contributed by atoms with Crippen LogP contribution in [0.2, 0.25) is 0 Å². The lowest BCUT2D eigenvalue weighted by molar-refractivity contribution is -0.255. The summed E-state index contributed by atoms with van der Waals surface area (Å²) < 4.78 is 11.9. The second-order valence-corrected chi connectivity index (χ2v) is 10.1. The third kappa shape index (κ3) is 3.57. The maximum absolute atomic E-state index is 13.3. The second-order valence-electron chi connectivity index (χ2n) is 10.1. The fraction of sp³-hybridized carbons (Fsp3) is 0.444. The Morgan fingerprint density at radius 3 is 2.19 bits per heavy atom. The minimum atomic E-state index is -1.94. The number of phenols is 2. The van der Waals surface area contributed by atoms with E-state index >= 15 is 0 Å². The Morgan fingerprint density at radius 1 is 1.06 bits per heavy atom. The number of ether oxygens (including phenoxy) is 2. The van der Waals surface area contributed by atoms with Gasteiger partial charge in [-0.2, -0.15) is 0 Å². The first kappa shape index (κ1) is 24.6. The first-order valence-corrected chi connectivity index (χ1v) is 12.0. The van der Waals surface area contributed by atoms with Gasteiger partial charge in [0.05, 0.1) is 29.4 Å². The standard InChI is InChI=1S/C27H28O9/c1-11-8-18(35-12(2)22(11)29)36-17-10-27(34,13(3)28)9-16-19(17)26(33)21-20(25(16)32)23(30)14-6-4-5-7-15(14)24(21)31/h4-7,11-12,17-18,22,29,32-34H,8-10H2,1-3H3/t11-,12-,17-,18-,22-,27-/m0/s1. The van der Waals surface area contributed by atoms with Crippen LogP contribution >= 0.6 is 0 Å². The molecule has 0 radical (unpaired) electrons. The summed E-state index contributed by atoms with van der Waals surface area (Å²) >= 11 is 0. The van der Waals surface area contributed by atoms with Crippen molar-refractivity contribution < 1.29 is 44.3 Å². The van der Waals surface area contributed by atoms with Gasteiger partial charge in [0.2, 0.25) is 0 Å². The molecule has 3 aliphatic rings. The summed E-state index contributed by atoms with van der Waals surface area (Å²) in [7, 11) is 0. The first-order valence-electron chi connectivity index (χ1n) is 12.0. The molecule has 6 atom stereocenters. The smallest absolute Gasteiger partial charge is 0.198 e. The monoisotopic (exact) mass is 496 g/mol. The van der Waals surface area contributed by atoms with Crippen molar-refractivity contribution in [2.75, 3.05) is 0 Å². The highest BCUT2D eigenvalue weighted by Gasteiger charge is 2.49. The molecule has 0 saturated carbocycles. The average Bonchev–Trinajstić information content (AvgIpc) is 2.82. The van der Waals surface area contributed by atoms with Gasteiger partial charge in [-0.1, -0.05) is 31.2 Å². The van der Waals surface area contributed by atoms with Gasteiger partial charge in [0.1, 0.15) is 17.1 Å². The molecule has 9 nitrogen and oxygen atoms in total. The van der Waals surface area contributed by atoms with Crippen molar-refractivity contribution in [1.29, 1.82) is 0 Å². The largest absolute Gasteiger partial charge is 0.507 e. The SMILES string of the molecule is CC(=O)[C@]1(O)Cc2c(O)c3c(c(O)c2[C@@H](O[C@H]2C[C@H](C)[C@H](O)[C@H](C)O2)C1)C(=O)c1ccccc1C3=O. The maximum Gasteiger partial charge on any atom is 0.198 e. The number of benzene rings is 2. The van der Waals surface area contributed by atoms with Crippen LogP contribution in [0.5, 0.6) is 11.5 Å². The molecular formula is C27H28O9. The molecule has 0 aromatic heterocycles. The molecule has 4 N–H and O–H groups in total. The third-order valence-corrected chi connectivity index (χ3v) is 7.74. The highest BCUT2D eigenvalue weighted by Crippen LogP contribution is 2.52. The van der Waals surface area contributed by atoms with Crippen LogP contribution in [0.1, 0.15) is 82.7 Å². The number of aliphatic hydroxyl groups excluding tert-OH is 1. The van der Waals surface area contributed by atoms with E-state index in [4.69, 9.17) is 9.47 Å². The molecular weight excluding hydrogens is 468 g/mol. The molecule has 1 fully saturated rings. The number of aliphatic hydroxyl groups is 2. The normalized spacial score (nSPS) is 31.4. The van der Waals surface area contributed by atoms with Crippen molar-refractivity contribution in [2.45, 2.75) is 70.2 Å². The van der Waals surface area contributed by atoms with Gasteiger partial charge in [-0.25, -0.2) is 0 Å². The van der Waals surface area contributed by atoms with Crippen molar-refractivity contribution in [2.24, 2.45) is 5.92 Å². The first-order chi connectivity index (χ1) is 16.9. The number of aromatic hydroxyl groups is 2. The lowest BCUT2D eigenvalue weighted by atomic mass is 9.72. The highest BCUT2D eigenvalue weighted by atomic mass is 16.7. The number of fused-ring (bicyclic) bond motifs is 3. The van der Waals surface area contributed by atoms with E-state index in [9.17, 15) is 34.8 Å². The number of carbonyl (C=O) groups is 3. The number of hydrogen-bond donors (Lipinski definition) is 4. The molecule has 190 valence electrons. The highest BCUT2D eigenvalue weighted by molar-refractivity contribution is 6.30. The molecule has 5 rings (SSSR count). The molecule has 2 aromatic carbocycles. The van der Waals surface area contributed by atoms with Crippen molar-refractivity contribution >= 4 is 17.3 Å². The molecule has 0 bridgehead atoms. The summed E-state index contributed by atoms with van der Waals surface area (Å²) in [4.78, 5) is 39.1. The maximum atomic E-state index is 13.3. The summed E-state index contributed by atoms with van der Waals surface area (Å²) in [5, 5.41) is 44.0. The van der Waals surface area contributed by atoms with E-state index in [0.717, 1.165) is 0 Å². The van der Waals surface area contributed by atoms with Crippen molar-refractivity contribution in [3.05, 3.63) is 57.6 Å². The van der Waals surface area contributed by atoms with Crippen LogP contribution in [-0.4, -0.2) is 61.9 Å². The van der Waals surface area contributed by atoms with E-state index in [1.54, 1.807) is 19.1 Å². The molecule has 1 heterocycles. The quantitative estimate of drug-likeness (QED) is 0.401.